The minimum Gasteiger partial charge on any atom is -0.497 e. The highest BCUT2D eigenvalue weighted by Gasteiger charge is 2.41. The lowest BCUT2D eigenvalue weighted by molar-refractivity contribution is 0.0236. The van der Waals surface area contributed by atoms with E-state index in [9.17, 15) is 0 Å². The topological polar surface area (TPSA) is 15.7 Å². The largest absolute Gasteiger partial charge is 0.497 e. The molecule has 5 rings (SSSR count). The van der Waals surface area contributed by atoms with E-state index in [-0.39, 0.29) is 24.8 Å². The van der Waals surface area contributed by atoms with E-state index < -0.39 is 0 Å². The maximum atomic E-state index is 5.46. The monoisotopic (exact) mass is 490 g/mol. The Morgan fingerprint density at radius 3 is 2.42 bits per heavy atom. The van der Waals surface area contributed by atoms with Gasteiger partial charge in [0.1, 0.15) is 5.75 Å². The molecule has 5 heteroatoms. The first-order chi connectivity index (χ1) is 15.3. The van der Waals surface area contributed by atoms with Crippen molar-refractivity contribution in [2.75, 3.05) is 39.8 Å². The van der Waals surface area contributed by atoms with E-state index in [0.29, 0.717) is 5.54 Å². The van der Waals surface area contributed by atoms with Crippen molar-refractivity contribution >= 4 is 24.8 Å². The fraction of sp³-hybridized carbons (Fsp3) is 0.571. The molecule has 1 aliphatic carbocycles. The van der Waals surface area contributed by atoms with Gasteiger partial charge in [0.15, 0.2) is 0 Å². The third kappa shape index (κ3) is 5.88. The molecule has 2 aliphatic heterocycles. The quantitative estimate of drug-likeness (QED) is 0.500. The molecule has 0 radical (unpaired) electrons. The van der Waals surface area contributed by atoms with Gasteiger partial charge in [-0.3, -0.25) is 4.90 Å². The van der Waals surface area contributed by atoms with E-state index in [1.54, 1.807) is 12.7 Å². The van der Waals surface area contributed by atoms with Crippen molar-refractivity contribution in [1.82, 2.24) is 9.80 Å². The maximum absolute atomic E-state index is 5.46. The Labute approximate surface area is 212 Å². The Morgan fingerprint density at radius 1 is 0.879 bits per heavy atom. The predicted molar refractivity (Wildman–Crippen MR) is 143 cm³/mol. The van der Waals surface area contributed by atoms with Crippen molar-refractivity contribution in [2.45, 2.75) is 62.8 Å². The van der Waals surface area contributed by atoms with Crippen LogP contribution in [-0.2, 0) is 12.8 Å². The number of hydrogen-bond donors (Lipinski definition) is 0. The molecular weight excluding hydrogens is 451 g/mol. The lowest BCUT2D eigenvalue weighted by atomic mass is 9.72. The number of rotatable bonds is 5. The summed E-state index contributed by atoms with van der Waals surface area (Å²) in [6.45, 7) is 6.26. The first-order valence-electron chi connectivity index (χ1n) is 12.4. The van der Waals surface area contributed by atoms with E-state index >= 15 is 0 Å². The lowest BCUT2D eigenvalue weighted by Gasteiger charge is -2.50. The summed E-state index contributed by atoms with van der Waals surface area (Å²) >= 11 is 0. The molecule has 33 heavy (non-hydrogen) atoms. The molecule has 1 unspecified atom stereocenters. The minimum atomic E-state index is 0. The van der Waals surface area contributed by atoms with Gasteiger partial charge < -0.3 is 9.64 Å². The molecule has 2 aromatic rings. The van der Waals surface area contributed by atoms with Gasteiger partial charge in [-0.2, -0.15) is 0 Å². The van der Waals surface area contributed by atoms with E-state index in [1.165, 1.54) is 95.2 Å². The van der Waals surface area contributed by atoms with Gasteiger partial charge in [0.2, 0.25) is 0 Å². The fourth-order valence-electron chi connectivity index (χ4n) is 6.41. The van der Waals surface area contributed by atoms with E-state index in [0.717, 1.165) is 11.7 Å². The number of halogens is 2. The Hall–Kier alpha value is -1.26. The van der Waals surface area contributed by atoms with Crippen LogP contribution in [-0.4, -0.2) is 55.2 Å². The molecule has 2 fully saturated rings. The molecule has 1 spiro atoms. The normalized spacial score (nSPS) is 23.9. The average molecular weight is 492 g/mol. The maximum Gasteiger partial charge on any atom is 0.119 e. The zero-order valence-corrected chi connectivity index (χ0v) is 21.6. The van der Waals surface area contributed by atoms with Crippen molar-refractivity contribution in [3.8, 4) is 5.75 Å². The van der Waals surface area contributed by atoms with E-state index in [2.05, 4.69) is 58.3 Å². The van der Waals surface area contributed by atoms with Gasteiger partial charge in [0.05, 0.1) is 7.11 Å². The molecular formula is C28H40Cl2N2O. The number of methoxy groups -OCH3 is 1. The van der Waals surface area contributed by atoms with Crippen molar-refractivity contribution in [3.63, 3.8) is 0 Å². The van der Waals surface area contributed by atoms with Crippen LogP contribution >= 0.6 is 24.8 Å². The van der Waals surface area contributed by atoms with Crippen LogP contribution in [0.4, 0.5) is 0 Å². The first kappa shape index (κ1) is 26.3. The molecule has 0 amide bonds. The Balaban J connectivity index is 0.00000153. The molecule has 182 valence electrons. The second-order valence-electron chi connectivity index (χ2n) is 10.0. The molecule has 2 saturated heterocycles. The van der Waals surface area contributed by atoms with Gasteiger partial charge in [-0.05, 0) is 99.3 Å². The Bertz CT molecular complexity index is 869. The zero-order chi connectivity index (χ0) is 21.1. The number of benzene rings is 2. The van der Waals surface area contributed by atoms with Crippen LogP contribution in [0.2, 0.25) is 0 Å². The number of hydrogen-bond acceptors (Lipinski definition) is 3. The number of aryl methyl sites for hydroxylation is 1. The van der Waals surface area contributed by atoms with Crippen LogP contribution in [0, 0.1) is 0 Å². The van der Waals surface area contributed by atoms with Gasteiger partial charge >= 0.3 is 0 Å². The van der Waals surface area contributed by atoms with Crippen LogP contribution in [0.3, 0.4) is 0 Å². The van der Waals surface area contributed by atoms with Crippen LogP contribution in [0.15, 0.2) is 48.5 Å². The van der Waals surface area contributed by atoms with Gasteiger partial charge in [0.25, 0.3) is 0 Å². The standard InChI is InChI=1S/C28H38N2O.2ClH/c1-31-27-10-9-26-22-28(15-11-25(26)21-27)14-5-6-16-30(28)20-19-29-17-12-24(13-18-29)23-7-3-2-4-8-23;;/h2-4,7-10,21,24H,5-6,11-20,22H2,1H3;2*1H. The highest BCUT2D eigenvalue weighted by molar-refractivity contribution is 5.85. The summed E-state index contributed by atoms with van der Waals surface area (Å²) in [6, 6.07) is 17.9. The predicted octanol–water partition coefficient (Wildman–Crippen LogP) is 6.13. The van der Waals surface area contributed by atoms with Gasteiger partial charge in [-0.25, -0.2) is 0 Å². The summed E-state index contributed by atoms with van der Waals surface area (Å²) in [5.74, 6) is 1.76. The minimum absolute atomic E-state index is 0. The molecule has 3 nitrogen and oxygen atoms in total. The molecule has 0 saturated carbocycles. The third-order valence-corrected chi connectivity index (χ3v) is 8.33. The van der Waals surface area contributed by atoms with Gasteiger partial charge in [0, 0.05) is 18.6 Å². The summed E-state index contributed by atoms with van der Waals surface area (Å²) in [5.41, 5.74) is 5.00. The van der Waals surface area contributed by atoms with Crippen molar-refractivity contribution < 1.29 is 4.74 Å². The molecule has 0 N–H and O–H groups in total. The molecule has 0 aromatic heterocycles. The number of ether oxygens (including phenoxy) is 1. The summed E-state index contributed by atoms with van der Waals surface area (Å²) in [5, 5.41) is 0. The van der Waals surface area contributed by atoms with E-state index in [1.807, 2.05) is 0 Å². The van der Waals surface area contributed by atoms with Crippen molar-refractivity contribution in [1.29, 1.82) is 0 Å². The number of piperidine rings is 2. The van der Waals surface area contributed by atoms with Crippen LogP contribution in [0.1, 0.15) is 61.1 Å². The lowest BCUT2D eigenvalue weighted by Crippen LogP contribution is -2.56. The fourth-order valence-corrected chi connectivity index (χ4v) is 6.41. The van der Waals surface area contributed by atoms with E-state index in [4.69, 9.17) is 4.74 Å². The third-order valence-electron chi connectivity index (χ3n) is 8.33. The van der Waals surface area contributed by atoms with Gasteiger partial charge in [-0.1, -0.05) is 42.8 Å². The highest BCUT2D eigenvalue weighted by Crippen LogP contribution is 2.40. The molecule has 3 aliphatic rings. The first-order valence-corrected chi connectivity index (χ1v) is 12.4. The second-order valence-corrected chi connectivity index (χ2v) is 10.0. The molecule has 2 aromatic carbocycles. The van der Waals surface area contributed by atoms with Crippen molar-refractivity contribution in [2.24, 2.45) is 0 Å². The zero-order valence-electron chi connectivity index (χ0n) is 20.0. The van der Waals surface area contributed by atoms with Crippen molar-refractivity contribution in [3.05, 3.63) is 65.2 Å². The van der Waals surface area contributed by atoms with Crippen LogP contribution < -0.4 is 4.74 Å². The smallest absolute Gasteiger partial charge is 0.119 e. The summed E-state index contributed by atoms with van der Waals surface area (Å²) in [4.78, 5) is 5.61. The second kappa shape index (κ2) is 11.9. The van der Waals surface area contributed by atoms with Gasteiger partial charge in [-0.15, -0.1) is 24.8 Å². The molecule has 0 bridgehead atoms. The highest BCUT2D eigenvalue weighted by atomic mass is 35.5. The SMILES string of the molecule is COc1ccc2c(c1)CCC1(CCCCN1CCN1CCC(c3ccccc3)CC1)C2.Cl.Cl. The van der Waals surface area contributed by atoms with Crippen LogP contribution in [0.25, 0.3) is 0 Å². The average Bonchev–Trinajstić information content (AvgIpc) is 2.84. The summed E-state index contributed by atoms with van der Waals surface area (Å²) in [6.07, 6.45) is 10.5. The van der Waals surface area contributed by atoms with Crippen LogP contribution in [0.5, 0.6) is 5.75 Å². The Kier molecular flexibility index (Phi) is 9.52. The number of likely N-dealkylation sites (tertiary alicyclic amines) is 2. The number of fused-ring (bicyclic) bond motifs is 1. The summed E-state index contributed by atoms with van der Waals surface area (Å²) in [7, 11) is 1.78. The number of nitrogens with zero attached hydrogens (tertiary/aromatic N) is 2. The Morgan fingerprint density at radius 2 is 1.67 bits per heavy atom. The molecule has 1 atom stereocenters. The summed E-state index contributed by atoms with van der Waals surface area (Å²) < 4.78 is 5.46. The molecule has 2 heterocycles.